The summed E-state index contributed by atoms with van der Waals surface area (Å²) >= 11 is 0. The van der Waals surface area contributed by atoms with Gasteiger partial charge in [-0.1, -0.05) is 18.2 Å². The van der Waals surface area contributed by atoms with Gasteiger partial charge in [0.1, 0.15) is 10.6 Å². The summed E-state index contributed by atoms with van der Waals surface area (Å²) < 4.78 is 84.6. The van der Waals surface area contributed by atoms with Crippen molar-refractivity contribution in [3.05, 3.63) is 83.4 Å². The number of amides is 1. The van der Waals surface area contributed by atoms with E-state index in [0.29, 0.717) is 28.7 Å². The lowest BCUT2D eigenvalue weighted by molar-refractivity contribution is -0.137. The Morgan fingerprint density at radius 2 is 1.73 bits per heavy atom. The first-order chi connectivity index (χ1) is 17.6. The van der Waals surface area contributed by atoms with E-state index in [-0.39, 0.29) is 38.1 Å². The molecule has 0 unspecified atom stereocenters. The zero-order valence-corrected chi connectivity index (χ0v) is 20.3. The van der Waals surface area contributed by atoms with Crippen LogP contribution in [-0.2, 0) is 27.6 Å². The summed E-state index contributed by atoms with van der Waals surface area (Å²) in [7, 11) is -2.99. The smallest absolute Gasteiger partial charge is 0.416 e. The number of hydrogen-bond donors (Lipinski definition) is 0. The molecule has 0 fully saturated rings. The lowest BCUT2D eigenvalue weighted by Gasteiger charge is -2.23. The number of halogens is 3. The average molecular weight is 538 g/mol. The quantitative estimate of drug-likeness (QED) is 0.372. The van der Waals surface area contributed by atoms with Gasteiger partial charge in [0.05, 0.1) is 12.2 Å². The Morgan fingerprint density at radius 1 is 1.00 bits per heavy atom. The number of ether oxygens (including phenoxy) is 3. The van der Waals surface area contributed by atoms with Gasteiger partial charge < -0.3 is 23.3 Å². The average Bonchev–Trinajstić information content (AvgIpc) is 3.34. The molecule has 1 heterocycles. The van der Waals surface area contributed by atoms with Crippen LogP contribution in [-0.4, -0.2) is 46.3 Å². The minimum Gasteiger partial charge on any atom is -0.454 e. The van der Waals surface area contributed by atoms with Gasteiger partial charge in [-0.25, -0.2) is 0 Å². The molecule has 0 bridgehead atoms. The van der Waals surface area contributed by atoms with Gasteiger partial charge in [0.25, 0.3) is 5.91 Å². The number of benzene rings is 3. The van der Waals surface area contributed by atoms with Crippen molar-refractivity contribution < 1.29 is 44.8 Å². The first kappa shape index (κ1) is 26.3. The number of methoxy groups -OCH3 is 1. The molecule has 0 N–H and O–H groups in total. The largest absolute Gasteiger partial charge is 0.454 e. The fourth-order valence-electron chi connectivity index (χ4n) is 3.54. The van der Waals surface area contributed by atoms with Gasteiger partial charge in [-0.2, -0.15) is 21.6 Å². The summed E-state index contributed by atoms with van der Waals surface area (Å²) in [5, 5.41) is 0. The molecule has 0 atom stereocenters. The number of carbonyl (C=O) groups excluding carboxylic acids is 1. The van der Waals surface area contributed by atoms with Crippen LogP contribution >= 0.6 is 0 Å². The minimum absolute atomic E-state index is 0.0816. The molecule has 0 saturated heterocycles. The van der Waals surface area contributed by atoms with E-state index in [4.69, 9.17) is 18.4 Å². The Morgan fingerprint density at radius 3 is 2.43 bits per heavy atom. The Kier molecular flexibility index (Phi) is 7.60. The summed E-state index contributed by atoms with van der Waals surface area (Å²) in [6.45, 7) is 0.828. The lowest BCUT2D eigenvalue weighted by Crippen LogP contribution is -2.33. The van der Waals surface area contributed by atoms with Gasteiger partial charge in [-0.15, -0.1) is 0 Å². The number of carbonyl (C=O) groups is 1. The van der Waals surface area contributed by atoms with E-state index in [0.717, 1.165) is 18.2 Å². The first-order valence-electron chi connectivity index (χ1n) is 11.0. The molecule has 1 aliphatic rings. The molecule has 1 amide bonds. The van der Waals surface area contributed by atoms with E-state index in [1.165, 1.54) is 19.2 Å². The first-order valence-corrected chi connectivity index (χ1v) is 12.4. The van der Waals surface area contributed by atoms with Gasteiger partial charge in [0.2, 0.25) is 6.79 Å². The lowest BCUT2D eigenvalue weighted by atomic mass is 10.1. The Hall–Kier alpha value is -3.77. The van der Waals surface area contributed by atoms with Crippen LogP contribution in [0, 0.1) is 0 Å². The van der Waals surface area contributed by atoms with Crippen LogP contribution in [0.25, 0.3) is 0 Å². The van der Waals surface area contributed by atoms with E-state index in [1.54, 1.807) is 35.2 Å². The fraction of sp³-hybridized carbons (Fsp3) is 0.240. The predicted octanol–water partition coefficient (Wildman–Crippen LogP) is 4.49. The van der Waals surface area contributed by atoms with Gasteiger partial charge >= 0.3 is 16.3 Å². The fourth-order valence-corrected chi connectivity index (χ4v) is 4.52. The topological polar surface area (TPSA) is 91.4 Å². The van der Waals surface area contributed by atoms with Crippen LogP contribution in [0.2, 0.25) is 0 Å². The zero-order chi connectivity index (χ0) is 26.6. The molecule has 0 radical (unpaired) electrons. The number of rotatable bonds is 9. The third-order valence-corrected chi connectivity index (χ3v) is 6.67. The molecular formula is C25H22F3NO7S. The molecule has 0 saturated carbocycles. The third-order valence-electron chi connectivity index (χ3n) is 5.42. The molecule has 0 aromatic heterocycles. The molecule has 1 aliphatic heterocycles. The van der Waals surface area contributed by atoms with E-state index < -0.39 is 26.8 Å². The summed E-state index contributed by atoms with van der Waals surface area (Å²) in [5.74, 6) is 0.659. The van der Waals surface area contributed by atoms with Crippen LogP contribution < -0.4 is 13.7 Å². The van der Waals surface area contributed by atoms with Crippen LogP contribution in [0.4, 0.5) is 13.2 Å². The summed E-state index contributed by atoms with van der Waals surface area (Å²) in [6, 6.07) is 14.0. The Balaban J connectivity index is 1.47. The maximum absolute atomic E-state index is 13.2. The minimum atomic E-state index is -4.69. The molecule has 196 valence electrons. The van der Waals surface area contributed by atoms with Crippen molar-refractivity contribution in [3.63, 3.8) is 0 Å². The Labute approximate surface area is 211 Å². The number of alkyl halides is 3. The monoisotopic (exact) mass is 537 g/mol. The van der Waals surface area contributed by atoms with E-state index in [2.05, 4.69) is 0 Å². The van der Waals surface area contributed by atoms with Crippen molar-refractivity contribution in [2.24, 2.45) is 0 Å². The van der Waals surface area contributed by atoms with Crippen molar-refractivity contribution in [3.8, 4) is 17.2 Å². The SMILES string of the molecule is COCCN(Cc1ccc(OS(=O)(=O)c2cccc(C(F)(F)F)c2)cc1)C(=O)c1ccc2c(c1)OCO2. The number of hydrogen-bond acceptors (Lipinski definition) is 7. The second-order valence-electron chi connectivity index (χ2n) is 7.99. The van der Waals surface area contributed by atoms with Crippen LogP contribution in [0.3, 0.4) is 0 Å². The maximum Gasteiger partial charge on any atom is 0.416 e. The summed E-state index contributed by atoms with van der Waals surface area (Å²) in [5.41, 5.74) is -0.0442. The standard InChI is InChI=1S/C25H22F3NO7S/c1-33-12-11-29(24(30)18-7-10-22-23(13-18)35-16-34-22)15-17-5-8-20(9-6-17)36-37(31,32)21-4-2-3-19(14-21)25(26,27)28/h2-10,13-14H,11-12,15-16H2,1H3. The second kappa shape index (κ2) is 10.7. The maximum atomic E-state index is 13.2. The van der Waals surface area contributed by atoms with E-state index in [9.17, 15) is 26.4 Å². The zero-order valence-electron chi connectivity index (χ0n) is 19.5. The highest BCUT2D eigenvalue weighted by Crippen LogP contribution is 2.33. The summed E-state index contributed by atoms with van der Waals surface area (Å²) in [6.07, 6.45) is -4.69. The van der Waals surface area contributed by atoms with Crippen molar-refractivity contribution in [1.29, 1.82) is 0 Å². The number of fused-ring (bicyclic) bond motifs is 1. The van der Waals surface area contributed by atoms with Crippen molar-refractivity contribution in [2.45, 2.75) is 17.6 Å². The highest BCUT2D eigenvalue weighted by molar-refractivity contribution is 7.87. The molecule has 8 nitrogen and oxygen atoms in total. The highest BCUT2D eigenvalue weighted by Gasteiger charge is 2.32. The molecule has 3 aromatic rings. The highest BCUT2D eigenvalue weighted by atomic mass is 32.2. The number of nitrogens with zero attached hydrogens (tertiary/aromatic N) is 1. The second-order valence-corrected chi connectivity index (χ2v) is 9.54. The predicted molar refractivity (Wildman–Crippen MR) is 125 cm³/mol. The Bertz CT molecular complexity index is 1380. The van der Waals surface area contributed by atoms with Crippen molar-refractivity contribution in [2.75, 3.05) is 27.1 Å². The van der Waals surface area contributed by atoms with E-state index in [1.807, 2.05) is 0 Å². The van der Waals surface area contributed by atoms with E-state index >= 15 is 0 Å². The summed E-state index contributed by atoms with van der Waals surface area (Å²) in [4.78, 5) is 14.1. The normalized spacial score (nSPS) is 12.9. The van der Waals surface area contributed by atoms with Gasteiger partial charge in [-0.05, 0) is 54.1 Å². The molecule has 0 spiro atoms. The third kappa shape index (κ3) is 6.33. The molecule has 0 aliphatic carbocycles. The van der Waals surface area contributed by atoms with Gasteiger partial charge in [0.15, 0.2) is 11.5 Å². The van der Waals surface area contributed by atoms with Crippen LogP contribution in [0.15, 0.2) is 71.6 Å². The van der Waals surface area contributed by atoms with Crippen LogP contribution in [0.5, 0.6) is 17.2 Å². The molecule has 3 aromatic carbocycles. The van der Waals surface area contributed by atoms with Crippen molar-refractivity contribution in [1.82, 2.24) is 4.90 Å². The molecule has 12 heteroatoms. The molecular weight excluding hydrogens is 515 g/mol. The van der Waals surface area contributed by atoms with Gasteiger partial charge in [0, 0.05) is 25.8 Å². The van der Waals surface area contributed by atoms with Crippen LogP contribution in [0.1, 0.15) is 21.5 Å². The van der Waals surface area contributed by atoms with Gasteiger partial charge in [-0.3, -0.25) is 4.79 Å². The molecule has 4 rings (SSSR count). The van der Waals surface area contributed by atoms with Crippen molar-refractivity contribution >= 4 is 16.0 Å². The molecule has 37 heavy (non-hydrogen) atoms.